The summed E-state index contributed by atoms with van der Waals surface area (Å²) in [6, 6.07) is 6.45. The Morgan fingerprint density at radius 2 is 2.05 bits per heavy atom. The van der Waals surface area contributed by atoms with Gasteiger partial charge in [0, 0.05) is 6.04 Å². The van der Waals surface area contributed by atoms with Crippen LogP contribution in [0, 0.1) is 17.3 Å². The summed E-state index contributed by atoms with van der Waals surface area (Å²) in [5, 5.41) is 9.69. The third-order valence-electron chi connectivity index (χ3n) is 6.78. The molecule has 0 heterocycles. The quantitative estimate of drug-likeness (QED) is 0.757. The molecule has 4 rings (SSSR count). The molecular formula is C18H25NO. The molecule has 2 saturated carbocycles. The van der Waals surface area contributed by atoms with Gasteiger partial charge in [0.2, 0.25) is 0 Å². The van der Waals surface area contributed by atoms with Gasteiger partial charge in [-0.25, -0.2) is 0 Å². The van der Waals surface area contributed by atoms with Gasteiger partial charge in [0.15, 0.2) is 0 Å². The monoisotopic (exact) mass is 271 g/mol. The maximum absolute atomic E-state index is 9.69. The predicted octanol–water partition coefficient (Wildman–Crippen LogP) is 3.58. The van der Waals surface area contributed by atoms with Crippen molar-refractivity contribution in [3.05, 3.63) is 29.3 Å². The number of nitrogens with two attached hydrogens (primary N) is 1. The second-order valence-corrected chi connectivity index (χ2v) is 7.53. The van der Waals surface area contributed by atoms with Crippen LogP contribution in [0.25, 0.3) is 0 Å². The zero-order chi connectivity index (χ0) is 13.9. The van der Waals surface area contributed by atoms with Crippen LogP contribution in [0.15, 0.2) is 18.2 Å². The van der Waals surface area contributed by atoms with E-state index in [0.717, 1.165) is 18.3 Å². The fourth-order valence-corrected chi connectivity index (χ4v) is 5.61. The van der Waals surface area contributed by atoms with E-state index < -0.39 is 0 Å². The number of benzene rings is 1. The van der Waals surface area contributed by atoms with Crippen LogP contribution in [0.5, 0.6) is 5.75 Å². The molecule has 0 aromatic heterocycles. The lowest BCUT2D eigenvalue weighted by Crippen LogP contribution is -2.46. The lowest BCUT2D eigenvalue weighted by molar-refractivity contribution is 0.0496. The van der Waals surface area contributed by atoms with E-state index in [1.165, 1.54) is 43.2 Å². The number of phenols is 1. The van der Waals surface area contributed by atoms with Gasteiger partial charge in [-0.05, 0) is 85.0 Å². The molecule has 0 saturated heterocycles. The SMILES string of the molecule is CC12CCC3c4ccc(O)cc4CCC3C1CCC2N. The van der Waals surface area contributed by atoms with Crippen molar-refractivity contribution in [2.45, 2.75) is 57.4 Å². The maximum atomic E-state index is 9.69. The molecule has 0 amide bonds. The van der Waals surface area contributed by atoms with Crippen molar-refractivity contribution < 1.29 is 5.11 Å². The minimum absolute atomic E-state index is 0.385. The Bertz CT molecular complexity index is 540. The van der Waals surface area contributed by atoms with E-state index in [1.807, 2.05) is 12.1 Å². The predicted molar refractivity (Wildman–Crippen MR) is 80.7 cm³/mol. The Morgan fingerprint density at radius 1 is 1.20 bits per heavy atom. The van der Waals surface area contributed by atoms with Gasteiger partial charge in [0.1, 0.15) is 5.75 Å². The van der Waals surface area contributed by atoms with Crippen molar-refractivity contribution in [1.29, 1.82) is 0 Å². The summed E-state index contributed by atoms with van der Waals surface area (Å²) < 4.78 is 0. The third-order valence-corrected chi connectivity index (χ3v) is 6.78. The average Bonchev–Trinajstić information content (AvgIpc) is 2.74. The van der Waals surface area contributed by atoms with E-state index in [1.54, 1.807) is 0 Å². The number of aryl methyl sites for hydroxylation is 1. The van der Waals surface area contributed by atoms with Crippen LogP contribution in [0.2, 0.25) is 0 Å². The number of fused-ring (bicyclic) bond motifs is 5. The molecule has 3 aliphatic carbocycles. The summed E-state index contributed by atoms with van der Waals surface area (Å²) >= 11 is 0. The summed E-state index contributed by atoms with van der Waals surface area (Å²) in [6.07, 6.45) is 7.52. The minimum atomic E-state index is 0.385. The first-order chi connectivity index (χ1) is 9.59. The molecule has 20 heavy (non-hydrogen) atoms. The fourth-order valence-electron chi connectivity index (χ4n) is 5.61. The summed E-state index contributed by atoms with van der Waals surface area (Å²) in [7, 11) is 0. The zero-order valence-electron chi connectivity index (χ0n) is 12.3. The number of aromatic hydroxyl groups is 1. The maximum Gasteiger partial charge on any atom is 0.115 e. The first kappa shape index (κ1) is 12.7. The van der Waals surface area contributed by atoms with E-state index in [9.17, 15) is 5.11 Å². The Hall–Kier alpha value is -1.02. The number of phenolic OH excluding ortho intramolecular Hbond substituents is 1. The smallest absolute Gasteiger partial charge is 0.115 e. The number of hydrogen-bond donors (Lipinski definition) is 2. The van der Waals surface area contributed by atoms with Gasteiger partial charge in [0.05, 0.1) is 0 Å². The van der Waals surface area contributed by atoms with Crippen molar-refractivity contribution in [1.82, 2.24) is 0 Å². The van der Waals surface area contributed by atoms with E-state index in [2.05, 4.69) is 13.0 Å². The van der Waals surface area contributed by atoms with Crippen molar-refractivity contribution in [3.63, 3.8) is 0 Å². The lowest BCUT2D eigenvalue weighted by Gasteiger charge is -2.50. The molecule has 3 N–H and O–H groups in total. The fraction of sp³-hybridized carbons (Fsp3) is 0.667. The number of rotatable bonds is 0. The van der Waals surface area contributed by atoms with Crippen LogP contribution in [0.4, 0.5) is 0 Å². The topological polar surface area (TPSA) is 46.2 Å². The molecule has 108 valence electrons. The number of hydrogen-bond acceptors (Lipinski definition) is 2. The molecule has 0 spiro atoms. The van der Waals surface area contributed by atoms with E-state index in [0.29, 0.717) is 23.1 Å². The normalized spacial score (nSPS) is 42.7. The van der Waals surface area contributed by atoms with Gasteiger partial charge >= 0.3 is 0 Å². The Labute approximate surface area is 121 Å². The first-order valence-corrected chi connectivity index (χ1v) is 8.17. The molecule has 1 aromatic rings. The molecule has 5 atom stereocenters. The summed E-state index contributed by atoms with van der Waals surface area (Å²) in [6.45, 7) is 2.44. The second-order valence-electron chi connectivity index (χ2n) is 7.53. The Morgan fingerprint density at radius 3 is 2.90 bits per heavy atom. The largest absolute Gasteiger partial charge is 0.508 e. The second kappa shape index (κ2) is 4.24. The molecule has 0 bridgehead atoms. The highest BCUT2D eigenvalue weighted by Gasteiger charge is 2.53. The first-order valence-electron chi connectivity index (χ1n) is 8.17. The third kappa shape index (κ3) is 1.60. The van der Waals surface area contributed by atoms with E-state index in [-0.39, 0.29) is 0 Å². The highest BCUT2D eigenvalue weighted by Crippen LogP contribution is 2.60. The van der Waals surface area contributed by atoms with Gasteiger partial charge in [-0.2, -0.15) is 0 Å². The Kier molecular flexibility index (Phi) is 2.69. The van der Waals surface area contributed by atoms with Gasteiger partial charge in [-0.15, -0.1) is 0 Å². The zero-order valence-corrected chi connectivity index (χ0v) is 12.3. The van der Waals surface area contributed by atoms with Crippen molar-refractivity contribution in [3.8, 4) is 5.75 Å². The summed E-state index contributed by atoms with van der Waals surface area (Å²) in [5.74, 6) is 2.77. The lowest BCUT2D eigenvalue weighted by atomic mass is 9.55. The highest BCUT2D eigenvalue weighted by atomic mass is 16.3. The molecule has 1 aromatic carbocycles. The molecule has 5 unspecified atom stereocenters. The molecule has 0 radical (unpaired) electrons. The van der Waals surface area contributed by atoms with E-state index >= 15 is 0 Å². The Balaban J connectivity index is 1.71. The van der Waals surface area contributed by atoms with Gasteiger partial charge in [-0.3, -0.25) is 0 Å². The molecule has 0 aliphatic heterocycles. The standard InChI is InChI=1S/C18H25NO/c1-18-9-8-14-13-5-3-12(20)10-11(13)2-4-15(14)16(18)6-7-17(18)19/h3,5,10,14-17,20H,2,4,6-9,19H2,1H3. The summed E-state index contributed by atoms with van der Waals surface area (Å²) in [5.41, 5.74) is 9.71. The van der Waals surface area contributed by atoms with Crippen LogP contribution >= 0.6 is 0 Å². The molecule has 2 nitrogen and oxygen atoms in total. The van der Waals surface area contributed by atoms with Crippen LogP contribution < -0.4 is 5.73 Å². The van der Waals surface area contributed by atoms with Gasteiger partial charge in [-0.1, -0.05) is 13.0 Å². The van der Waals surface area contributed by atoms with Crippen LogP contribution in [-0.4, -0.2) is 11.1 Å². The van der Waals surface area contributed by atoms with Crippen LogP contribution in [0.1, 0.15) is 56.1 Å². The van der Waals surface area contributed by atoms with Crippen LogP contribution in [-0.2, 0) is 6.42 Å². The minimum Gasteiger partial charge on any atom is -0.508 e. The van der Waals surface area contributed by atoms with Gasteiger partial charge < -0.3 is 10.8 Å². The summed E-state index contributed by atoms with van der Waals surface area (Å²) in [4.78, 5) is 0. The van der Waals surface area contributed by atoms with Crippen molar-refractivity contribution >= 4 is 0 Å². The molecule has 2 fully saturated rings. The van der Waals surface area contributed by atoms with Crippen molar-refractivity contribution in [2.75, 3.05) is 0 Å². The molecule has 3 aliphatic rings. The molecule has 2 heteroatoms. The van der Waals surface area contributed by atoms with E-state index in [4.69, 9.17) is 5.73 Å². The average molecular weight is 271 g/mol. The highest BCUT2D eigenvalue weighted by molar-refractivity contribution is 5.40. The molecular weight excluding hydrogens is 246 g/mol. The van der Waals surface area contributed by atoms with Gasteiger partial charge in [0.25, 0.3) is 0 Å². The van der Waals surface area contributed by atoms with Crippen LogP contribution in [0.3, 0.4) is 0 Å². The van der Waals surface area contributed by atoms with Crippen molar-refractivity contribution in [2.24, 2.45) is 23.0 Å².